The van der Waals surface area contributed by atoms with Crippen molar-refractivity contribution in [2.75, 3.05) is 0 Å². The van der Waals surface area contributed by atoms with Gasteiger partial charge in [-0.2, -0.15) is 0 Å². The van der Waals surface area contributed by atoms with Crippen LogP contribution in [0.2, 0.25) is 0 Å². The molecule has 0 saturated heterocycles. The van der Waals surface area contributed by atoms with E-state index in [1.54, 1.807) is 16.7 Å². The molecule has 1 atom stereocenters. The Balaban J connectivity index is 1.80. The van der Waals surface area contributed by atoms with Crippen LogP contribution in [0.1, 0.15) is 36.3 Å². The van der Waals surface area contributed by atoms with Crippen LogP contribution >= 0.6 is 0 Å². The molecule has 0 N–H and O–H groups in total. The second kappa shape index (κ2) is 2.98. The van der Waals surface area contributed by atoms with Gasteiger partial charge in [0.2, 0.25) is 0 Å². The SMILES string of the molecule is C1=CC(C2=C3CCC3=CC2)c2ccccc21. The van der Waals surface area contributed by atoms with Crippen LogP contribution in [0.4, 0.5) is 0 Å². The fraction of sp³-hybridized carbons (Fsp3) is 0.250. The van der Waals surface area contributed by atoms with E-state index in [9.17, 15) is 0 Å². The van der Waals surface area contributed by atoms with Gasteiger partial charge in [0.25, 0.3) is 0 Å². The number of allylic oxidation sites excluding steroid dienone is 5. The Morgan fingerprint density at radius 2 is 2.00 bits per heavy atom. The summed E-state index contributed by atoms with van der Waals surface area (Å²) in [6, 6.07) is 8.80. The zero-order chi connectivity index (χ0) is 10.5. The van der Waals surface area contributed by atoms with Crippen LogP contribution < -0.4 is 0 Å². The highest BCUT2D eigenvalue weighted by atomic mass is 14.3. The molecule has 0 bridgehead atoms. The maximum atomic E-state index is 2.43. The van der Waals surface area contributed by atoms with Crippen molar-refractivity contribution < 1.29 is 0 Å². The fourth-order valence-electron chi connectivity index (χ4n) is 3.21. The fourth-order valence-corrected chi connectivity index (χ4v) is 3.21. The van der Waals surface area contributed by atoms with Gasteiger partial charge in [0.05, 0.1) is 0 Å². The lowest BCUT2D eigenvalue weighted by molar-refractivity contribution is 0.807. The van der Waals surface area contributed by atoms with Crippen molar-refractivity contribution in [3.8, 4) is 0 Å². The normalized spacial score (nSPS) is 25.2. The average Bonchev–Trinajstić information content (AvgIpc) is 2.80. The lowest BCUT2D eigenvalue weighted by Crippen LogP contribution is -2.05. The molecule has 1 unspecified atom stereocenters. The van der Waals surface area contributed by atoms with Crippen molar-refractivity contribution >= 4 is 6.08 Å². The molecule has 0 nitrogen and oxygen atoms in total. The molecule has 1 fully saturated rings. The van der Waals surface area contributed by atoms with Crippen molar-refractivity contribution in [2.45, 2.75) is 25.2 Å². The van der Waals surface area contributed by atoms with E-state index in [0.717, 1.165) is 0 Å². The number of hydrogen-bond donors (Lipinski definition) is 0. The molecule has 4 rings (SSSR count). The van der Waals surface area contributed by atoms with Crippen molar-refractivity contribution in [2.24, 2.45) is 0 Å². The smallest absolute Gasteiger partial charge is 0.0246 e. The van der Waals surface area contributed by atoms with E-state index >= 15 is 0 Å². The first kappa shape index (κ1) is 8.58. The lowest BCUT2D eigenvalue weighted by atomic mass is 9.81. The number of hydrogen-bond acceptors (Lipinski definition) is 0. The van der Waals surface area contributed by atoms with E-state index in [1.165, 1.54) is 30.4 Å². The van der Waals surface area contributed by atoms with Crippen LogP contribution in [0.15, 0.2) is 53.1 Å². The highest BCUT2D eigenvalue weighted by Gasteiger charge is 2.30. The van der Waals surface area contributed by atoms with E-state index in [4.69, 9.17) is 0 Å². The second-order valence-corrected chi connectivity index (χ2v) is 4.90. The zero-order valence-corrected chi connectivity index (χ0v) is 9.24. The molecule has 0 aliphatic heterocycles. The summed E-state index contributed by atoms with van der Waals surface area (Å²) in [7, 11) is 0. The summed E-state index contributed by atoms with van der Waals surface area (Å²) < 4.78 is 0. The van der Waals surface area contributed by atoms with Gasteiger partial charge in [-0.15, -0.1) is 0 Å². The molecule has 3 aliphatic carbocycles. The maximum Gasteiger partial charge on any atom is 0.0246 e. The molecule has 0 heterocycles. The summed E-state index contributed by atoms with van der Waals surface area (Å²) in [6.07, 6.45) is 10.9. The molecular weight excluding hydrogens is 192 g/mol. The van der Waals surface area contributed by atoms with E-state index in [0.29, 0.717) is 5.92 Å². The standard InChI is InChI=1S/C16H14/c1-2-4-13-11(3-1)6-9-15(13)16-10-7-12-5-8-14(12)16/h1-4,6-7,9,15H,5,8,10H2. The molecule has 0 heteroatoms. The second-order valence-electron chi connectivity index (χ2n) is 4.90. The van der Waals surface area contributed by atoms with Gasteiger partial charge >= 0.3 is 0 Å². The minimum atomic E-state index is 0.570. The minimum Gasteiger partial charge on any atom is -0.0769 e. The molecule has 0 amide bonds. The first-order valence-electron chi connectivity index (χ1n) is 6.12. The third-order valence-corrected chi connectivity index (χ3v) is 4.16. The molecule has 3 aliphatic rings. The predicted molar refractivity (Wildman–Crippen MR) is 67.2 cm³/mol. The third-order valence-electron chi connectivity index (χ3n) is 4.16. The maximum absolute atomic E-state index is 2.43. The molecule has 0 spiro atoms. The van der Waals surface area contributed by atoms with E-state index in [-0.39, 0.29) is 0 Å². The van der Waals surface area contributed by atoms with Crippen LogP contribution in [0.5, 0.6) is 0 Å². The van der Waals surface area contributed by atoms with Crippen LogP contribution in [-0.2, 0) is 0 Å². The highest BCUT2D eigenvalue weighted by molar-refractivity contribution is 5.67. The zero-order valence-electron chi connectivity index (χ0n) is 9.24. The summed E-state index contributed by atoms with van der Waals surface area (Å²) in [5.74, 6) is 0.570. The number of rotatable bonds is 1. The average molecular weight is 206 g/mol. The molecule has 1 aromatic rings. The Labute approximate surface area is 96.0 Å². The predicted octanol–water partition coefficient (Wildman–Crippen LogP) is 4.22. The van der Waals surface area contributed by atoms with Crippen molar-refractivity contribution in [3.63, 3.8) is 0 Å². The van der Waals surface area contributed by atoms with Gasteiger partial charge in [0.15, 0.2) is 0 Å². The molecule has 0 radical (unpaired) electrons. The van der Waals surface area contributed by atoms with E-state index < -0.39 is 0 Å². The Kier molecular flexibility index (Phi) is 1.59. The monoisotopic (exact) mass is 206 g/mol. The first-order valence-corrected chi connectivity index (χ1v) is 6.12. The summed E-state index contributed by atoms with van der Waals surface area (Å²) in [5, 5.41) is 0. The minimum absolute atomic E-state index is 0.570. The van der Waals surface area contributed by atoms with Gasteiger partial charge in [0, 0.05) is 5.92 Å². The van der Waals surface area contributed by atoms with Crippen molar-refractivity contribution in [1.82, 2.24) is 0 Å². The highest BCUT2D eigenvalue weighted by Crippen LogP contribution is 2.48. The van der Waals surface area contributed by atoms with Crippen LogP contribution in [0, 0.1) is 0 Å². The van der Waals surface area contributed by atoms with Gasteiger partial charge in [0.1, 0.15) is 0 Å². The van der Waals surface area contributed by atoms with E-state index in [2.05, 4.69) is 42.5 Å². The van der Waals surface area contributed by atoms with Gasteiger partial charge in [-0.25, -0.2) is 0 Å². The Bertz CT molecular complexity index is 555. The Morgan fingerprint density at radius 3 is 2.81 bits per heavy atom. The van der Waals surface area contributed by atoms with Gasteiger partial charge in [-0.1, -0.05) is 48.1 Å². The van der Waals surface area contributed by atoms with Gasteiger partial charge in [-0.05, 0) is 41.5 Å². The quantitative estimate of drug-likeness (QED) is 0.645. The summed E-state index contributed by atoms with van der Waals surface area (Å²) >= 11 is 0. The molecular formula is C16H14. The van der Waals surface area contributed by atoms with Crippen LogP contribution in [0.25, 0.3) is 6.08 Å². The first-order chi connectivity index (χ1) is 7.93. The summed E-state index contributed by atoms with van der Waals surface area (Å²) in [5.41, 5.74) is 7.89. The number of fused-ring (bicyclic) bond motifs is 2. The summed E-state index contributed by atoms with van der Waals surface area (Å²) in [6.45, 7) is 0. The largest absolute Gasteiger partial charge is 0.0769 e. The van der Waals surface area contributed by atoms with Crippen molar-refractivity contribution in [3.05, 3.63) is 64.3 Å². The molecule has 1 saturated carbocycles. The molecule has 16 heavy (non-hydrogen) atoms. The van der Waals surface area contributed by atoms with Crippen LogP contribution in [-0.4, -0.2) is 0 Å². The van der Waals surface area contributed by atoms with Crippen LogP contribution in [0.3, 0.4) is 0 Å². The topological polar surface area (TPSA) is 0 Å². The molecule has 0 aromatic heterocycles. The van der Waals surface area contributed by atoms with Gasteiger partial charge in [-0.3, -0.25) is 0 Å². The molecule has 1 aromatic carbocycles. The van der Waals surface area contributed by atoms with Crippen molar-refractivity contribution in [1.29, 1.82) is 0 Å². The number of benzene rings is 1. The third kappa shape index (κ3) is 0.996. The molecule has 78 valence electrons. The Hall–Kier alpha value is -1.56. The van der Waals surface area contributed by atoms with Gasteiger partial charge < -0.3 is 0 Å². The van der Waals surface area contributed by atoms with E-state index in [1.807, 2.05) is 0 Å². The summed E-state index contributed by atoms with van der Waals surface area (Å²) in [4.78, 5) is 0. The lowest BCUT2D eigenvalue weighted by Gasteiger charge is -2.23. The Morgan fingerprint density at radius 1 is 1.06 bits per heavy atom.